The van der Waals surface area contributed by atoms with Crippen molar-refractivity contribution in [2.24, 2.45) is 5.41 Å². The number of nitrogens with one attached hydrogen (secondary N) is 1. The normalized spacial score (nSPS) is 15.7. The Hall–Kier alpha value is -2.24. The van der Waals surface area contributed by atoms with Gasteiger partial charge in [-0.05, 0) is 18.2 Å². The van der Waals surface area contributed by atoms with Crippen molar-refractivity contribution in [1.82, 2.24) is 15.3 Å². The van der Waals surface area contributed by atoms with Gasteiger partial charge in [-0.25, -0.2) is 14.4 Å². The van der Waals surface area contributed by atoms with Gasteiger partial charge in [0.15, 0.2) is 0 Å². The molecule has 1 amide bonds. The molecular weight excluding hydrogens is 283 g/mol. The highest BCUT2D eigenvalue weighted by Crippen LogP contribution is 2.27. The van der Waals surface area contributed by atoms with E-state index in [2.05, 4.69) is 15.3 Å². The summed E-state index contributed by atoms with van der Waals surface area (Å²) >= 11 is 0. The van der Waals surface area contributed by atoms with Crippen molar-refractivity contribution in [1.29, 1.82) is 0 Å². The smallest absolute Gasteiger partial charge is 0.225 e. The van der Waals surface area contributed by atoms with Crippen LogP contribution < -0.4 is 10.2 Å². The van der Waals surface area contributed by atoms with E-state index >= 15 is 0 Å². The van der Waals surface area contributed by atoms with Gasteiger partial charge in [0.05, 0.1) is 11.6 Å². The van der Waals surface area contributed by atoms with Crippen LogP contribution in [0.15, 0.2) is 24.5 Å². The molecular formula is C16H19FN4O. The van der Waals surface area contributed by atoms with Gasteiger partial charge in [0.1, 0.15) is 18.0 Å². The Morgan fingerprint density at radius 3 is 2.73 bits per heavy atom. The summed E-state index contributed by atoms with van der Waals surface area (Å²) in [4.78, 5) is 22.4. The van der Waals surface area contributed by atoms with Gasteiger partial charge < -0.3 is 10.2 Å². The third kappa shape index (κ3) is 2.73. The maximum atomic E-state index is 13.5. The number of halogens is 1. The molecule has 0 saturated carbocycles. The second-order valence-electron chi connectivity index (χ2n) is 6.68. The van der Waals surface area contributed by atoms with Gasteiger partial charge in [0.25, 0.3) is 0 Å². The number of nitrogens with zero attached hydrogens (tertiary/aromatic N) is 3. The van der Waals surface area contributed by atoms with Crippen LogP contribution in [0.1, 0.15) is 20.8 Å². The molecule has 22 heavy (non-hydrogen) atoms. The van der Waals surface area contributed by atoms with Crippen LogP contribution in [0.2, 0.25) is 0 Å². The third-order valence-corrected chi connectivity index (χ3v) is 3.77. The minimum Gasteiger partial charge on any atom is -0.352 e. The average molecular weight is 302 g/mol. The second kappa shape index (κ2) is 5.19. The van der Waals surface area contributed by atoms with Gasteiger partial charge >= 0.3 is 0 Å². The topological polar surface area (TPSA) is 58.1 Å². The monoisotopic (exact) mass is 302 g/mol. The van der Waals surface area contributed by atoms with E-state index in [1.807, 2.05) is 25.7 Å². The fourth-order valence-corrected chi connectivity index (χ4v) is 2.41. The van der Waals surface area contributed by atoms with E-state index in [9.17, 15) is 9.18 Å². The number of carbonyl (C=O) groups is 1. The van der Waals surface area contributed by atoms with Crippen LogP contribution in [0.4, 0.5) is 10.2 Å². The standard InChI is InChI=1S/C16H19FN4O/c1-16(2,3)15(22)20-11-7-21(8-11)14-12-6-10(17)4-5-13(12)18-9-19-14/h4-6,9,11H,7-8H2,1-3H3,(H,20,22). The maximum Gasteiger partial charge on any atom is 0.225 e. The molecule has 1 aliphatic rings. The molecule has 116 valence electrons. The van der Waals surface area contributed by atoms with Gasteiger partial charge in [-0.3, -0.25) is 4.79 Å². The predicted octanol–water partition coefficient (Wildman–Crippen LogP) is 2.12. The van der Waals surface area contributed by atoms with E-state index in [0.29, 0.717) is 29.8 Å². The first kappa shape index (κ1) is 14.7. The molecule has 5 nitrogen and oxygen atoms in total. The molecule has 1 aromatic heterocycles. The van der Waals surface area contributed by atoms with Crippen molar-refractivity contribution in [2.45, 2.75) is 26.8 Å². The first-order chi connectivity index (χ1) is 10.3. The van der Waals surface area contributed by atoms with Crippen LogP contribution >= 0.6 is 0 Å². The lowest BCUT2D eigenvalue weighted by atomic mass is 9.94. The van der Waals surface area contributed by atoms with Crippen molar-refractivity contribution < 1.29 is 9.18 Å². The molecule has 0 spiro atoms. The fourth-order valence-electron chi connectivity index (χ4n) is 2.41. The Bertz CT molecular complexity index is 720. The third-order valence-electron chi connectivity index (χ3n) is 3.77. The maximum absolute atomic E-state index is 13.5. The summed E-state index contributed by atoms with van der Waals surface area (Å²) < 4.78 is 13.5. The molecule has 0 unspecified atom stereocenters. The van der Waals surface area contributed by atoms with E-state index in [-0.39, 0.29) is 17.8 Å². The number of rotatable bonds is 2. The molecule has 2 heterocycles. The van der Waals surface area contributed by atoms with Gasteiger partial charge in [-0.1, -0.05) is 20.8 Å². The van der Waals surface area contributed by atoms with Gasteiger partial charge in [-0.2, -0.15) is 0 Å². The summed E-state index contributed by atoms with van der Waals surface area (Å²) in [6.07, 6.45) is 1.48. The number of aromatic nitrogens is 2. The van der Waals surface area contributed by atoms with E-state index < -0.39 is 5.41 Å². The first-order valence-corrected chi connectivity index (χ1v) is 7.31. The first-order valence-electron chi connectivity index (χ1n) is 7.31. The van der Waals surface area contributed by atoms with Crippen molar-refractivity contribution in [2.75, 3.05) is 18.0 Å². The summed E-state index contributed by atoms with van der Waals surface area (Å²) in [5, 5.41) is 3.71. The highest BCUT2D eigenvalue weighted by molar-refractivity contribution is 5.90. The molecule has 3 rings (SSSR count). The van der Waals surface area contributed by atoms with Gasteiger partial charge in [0, 0.05) is 23.9 Å². The van der Waals surface area contributed by atoms with E-state index in [1.165, 1.54) is 18.5 Å². The highest BCUT2D eigenvalue weighted by Gasteiger charge is 2.32. The molecule has 0 aliphatic carbocycles. The number of hydrogen-bond acceptors (Lipinski definition) is 4. The van der Waals surface area contributed by atoms with E-state index in [0.717, 1.165) is 0 Å². The van der Waals surface area contributed by atoms with Gasteiger partial charge in [0.2, 0.25) is 5.91 Å². The van der Waals surface area contributed by atoms with Crippen LogP contribution in [0, 0.1) is 11.2 Å². The molecule has 1 N–H and O–H groups in total. The molecule has 1 aromatic carbocycles. The molecule has 0 radical (unpaired) electrons. The molecule has 1 saturated heterocycles. The minimum absolute atomic E-state index is 0.0377. The summed E-state index contributed by atoms with van der Waals surface area (Å²) in [6.45, 7) is 7.01. The van der Waals surface area contributed by atoms with Crippen molar-refractivity contribution >= 4 is 22.6 Å². The Labute approximate surface area is 128 Å². The Morgan fingerprint density at radius 1 is 1.32 bits per heavy atom. The predicted molar refractivity (Wildman–Crippen MR) is 83.1 cm³/mol. The van der Waals surface area contributed by atoms with Crippen LogP contribution in [-0.2, 0) is 4.79 Å². The van der Waals surface area contributed by atoms with Crippen molar-refractivity contribution in [3.05, 3.63) is 30.3 Å². The molecule has 1 aliphatic heterocycles. The summed E-state index contributed by atoms with van der Waals surface area (Å²) in [5.41, 5.74) is 0.319. The minimum atomic E-state index is -0.398. The highest BCUT2D eigenvalue weighted by atomic mass is 19.1. The summed E-state index contributed by atoms with van der Waals surface area (Å²) in [5.74, 6) is 0.447. The zero-order chi connectivity index (χ0) is 15.9. The van der Waals surface area contributed by atoms with Crippen LogP contribution in [-0.4, -0.2) is 35.0 Å². The quantitative estimate of drug-likeness (QED) is 0.923. The lowest BCUT2D eigenvalue weighted by Gasteiger charge is -2.41. The Kier molecular flexibility index (Phi) is 3.47. The number of hydrogen-bond donors (Lipinski definition) is 1. The van der Waals surface area contributed by atoms with Crippen molar-refractivity contribution in [3.63, 3.8) is 0 Å². The summed E-state index contributed by atoms with van der Waals surface area (Å²) in [7, 11) is 0. The zero-order valence-electron chi connectivity index (χ0n) is 12.9. The van der Waals surface area contributed by atoms with Crippen LogP contribution in [0.3, 0.4) is 0 Å². The SMILES string of the molecule is CC(C)(C)C(=O)NC1CN(c2ncnc3ccc(F)cc23)C1. The molecule has 1 fully saturated rings. The second-order valence-corrected chi connectivity index (χ2v) is 6.68. The lowest BCUT2D eigenvalue weighted by molar-refractivity contribution is -0.129. The largest absolute Gasteiger partial charge is 0.352 e. The summed E-state index contributed by atoms with van der Waals surface area (Å²) in [6, 6.07) is 4.59. The van der Waals surface area contributed by atoms with Crippen molar-refractivity contribution in [3.8, 4) is 0 Å². The average Bonchev–Trinajstić information content (AvgIpc) is 2.40. The number of carbonyl (C=O) groups excluding carboxylic acids is 1. The number of anilines is 1. The van der Waals surface area contributed by atoms with Gasteiger partial charge in [-0.15, -0.1) is 0 Å². The molecule has 2 aromatic rings. The molecule has 0 bridgehead atoms. The number of benzene rings is 1. The number of amides is 1. The van der Waals surface area contributed by atoms with E-state index in [1.54, 1.807) is 6.07 Å². The van der Waals surface area contributed by atoms with Crippen LogP contribution in [0.5, 0.6) is 0 Å². The molecule has 6 heteroatoms. The Morgan fingerprint density at radius 2 is 2.05 bits per heavy atom. The zero-order valence-corrected chi connectivity index (χ0v) is 12.9. The lowest BCUT2D eigenvalue weighted by Crippen LogP contribution is -2.61. The Balaban J connectivity index is 1.73. The number of fused-ring (bicyclic) bond motifs is 1. The molecule has 0 atom stereocenters. The fraction of sp³-hybridized carbons (Fsp3) is 0.438. The van der Waals surface area contributed by atoms with Crippen LogP contribution in [0.25, 0.3) is 10.9 Å². The van der Waals surface area contributed by atoms with E-state index in [4.69, 9.17) is 0 Å².